The Hall–Kier alpha value is -1.82. The minimum atomic E-state index is -0.393. The summed E-state index contributed by atoms with van der Waals surface area (Å²) in [5.74, 6) is 0.314. The number of anilines is 1. The first-order valence-corrected chi connectivity index (χ1v) is 7.11. The van der Waals surface area contributed by atoms with Crippen LogP contribution in [-0.2, 0) is 0 Å². The van der Waals surface area contributed by atoms with Gasteiger partial charge in [-0.25, -0.2) is 0 Å². The second-order valence-electron chi connectivity index (χ2n) is 5.82. The highest BCUT2D eigenvalue weighted by Crippen LogP contribution is 2.35. The van der Waals surface area contributed by atoms with Crippen LogP contribution >= 0.6 is 0 Å². The summed E-state index contributed by atoms with van der Waals surface area (Å²) in [7, 11) is 3.97. The first kappa shape index (κ1) is 17.2. The average molecular weight is 295 g/mol. The van der Waals surface area contributed by atoms with Crippen LogP contribution in [0.2, 0.25) is 0 Å². The summed E-state index contributed by atoms with van der Waals surface area (Å²) < 4.78 is 5.48. The van der Waals surface area contributed by atoms with Crippen molar-refractivity contribution in [1.82, 2.24) is 4.90 Å². The van der Waals surface area contributed by atoms with Crippen molar-refractivity contribution in [1.29, 1.82) is 0 Å². The minimum Gasteiger partial charge on any atom is -0.487 e. The maximum Gasteiger partial charge on any atom is 0.333 e. The highest BCUT2D eigenvalue weighted by atomic mass is 16.6. The Labute approximate surface area is 126 Å². The van der Waals surface area contributed by atoms with Crippen molar-refractivity contribution in [3.63, 3.8) is 0 Å². The fraction of sp³-hybridized carbons (Fsp3) is 0.600. The van der Waals surface area contributed by atoms with E-state index in [-0.39, 0.29) is 11.2 Å². The topological polar surface area (TPSA) is 67.6 Å². The van der Waals surface area contributed by atoms with Crippen LogP contribution in [-0.4, -0.2) is 42.6 Å². The highest BCUT2D eigenvalue weighted by Gasteiger charge is 2.24. The summed E-state index contributed by atoms with van der Waals surface area (Å²) in [5, 5.41) is 14.5. The molecule has 0 amide bonds. The molecule has 0 unspecified atom stereocenters. The molecule has 0 bridgehead atoms. The number of benzene rings is 1. The monoisotopic (exact) mass is 295 g/mol. The third-order valence-electron chi connectivity index (χ3n) is 3.57. The number of nitro groups is 1. The average Bonchev–Trinajstić information content (AvgIpc) is 2.42. The van der Waals surface area contributed by atoms with Crippen molar-refractivity contribution in [2.45, 2.75) is 32.7 Å². The van der Waals surface area contributed by atoms with Crippen molar-refractivity contribution >= 4 is 11.4 Å². The van der Waals surface area contributed by atoms with Crippen LogP contribution in [0, 0.1) is 10.1 Å². The van der Waals surface area contributed by atoms with Crippen LogP contribution in [0.25, 0.3) is 0 Å². The Balaban J connectivity index is 2.98. The predicted molar refractivity (Wildman–Crippen MR) is 85.1 cm³/mol. The fourth-order valence-corrected chi connectivity index (χ4v) is 1.65. The fourth-order valence-electron chi connectivity index (χ4n) is 1.65. The summed E-state index contributed by atoms with van der Waals surface area (Å²) in [5.41, 5.74) is 0.373. The zero-order valence-corrected chi connectivity index (χ0v) is 13.5. The van der Waals surface area contributed by atoms with E-state index in [2.05, 4.69) is 24.1 Å². The quantitative estimate of drug-likeness (QED) is 0.589. The van der Waals surface area contributed by atoms with Gasteiger partial charge in [-0.2, -0.15) is 0 Å². The van der Waals surface area contributed by atoms with Crippen molar-refractivity contribution in [2.24, 2.45) is 0 Å². The van der Waals surface area contributed by atoms with Crippen molar-refractivity contribution < 1.29 is 9.66 Å². The molecule has 118 valence electrons. The molecular weight excluding hydrogens is 270 g/mol. The summed E-state index contributed by atoms with van der Waals surface area (Å²) in [4.78, 5) is 13.0. The molecule has 21 heavy (non-hydrogen) atoms. The van der Waals surface area contributed by atoms with Crippen LogP contribution < -0.4 is 10.1 Å². The summed E-state index contributed by atoms with van der Waals surface area (Å²) in [6.45, 7) is 7.17. The van der Waals surface area contributed by atoms with E-state index < -0.39 is 4.92 Å². The molecule has 1 aromatic rings. The van der Waals surface area contributed by atoms with Gasteiger partial charge in [0.2, 0.25) is 0 Å². The molecule has 1 rings (SSSR count). The number of hydrogen-bond donors (Lipinski definition) is 1. The van der Waals surface area contributed by atoms with Gasteiger partial charge in [-0.1, -0.05) is 13.0 Å². The lowest BCUT2D eigenvalue weighted by molar-refractivity contribution is -0.385. The number of nitro benzene ring substituents is 1. The highest BCUT2D eigenvalue weighted by molar-refractivity contribution is 5.68. The maximum absolute atomic E-state index is 11.3. The number of nitrogens with one attached hydrogen (secondary N) is 1. The molecule has 0 saturated heterocycles. The molecule has 1 aromatic carbocycles. The lowest BCUT2D eigenvalue weighted by Crippen LogP contribution is -2.44. The van der Waals surface area contributed by atoms with Gasteiger partial charge in [-0.05, 0) is 46.5 Å². The van der Waals surface area contributed by atoms with E-state index >= 15 is 0 Å². The normalized spacial score (nSPS) is 11.5. The van der Waals surface area contributed by atoms with Gasteiger partial charge in [0.15, 0.2) is 5.75 Å². The number of rotatable bonds is 8. The second-order valence-corrected chi connectivity index (χ2v) is 5.82. The molecular formula is C15H25N3O3. The smallest absolute Gasteiger partial charge is 0.333 e. The summed E-state index contributed by atoms with van der Waals surface area (Å²) >= 11 is 0. The van der Waals surface area contributed by atoms with Gasteiger partial charge in [-0.15, -0.1) is 0 Å². The molecule has 6 heteroatoms. The van der Waals surface area contributed by atoms with Crippen LogP contribution in [0.15, 0.2) is 18.2 Å². The van der Waals surface area contributed by atoms with E-state index in [0.717, 1.165) is 6.42 Å². The Bertz CT molecular complexity index is 487. The van der Waals surface area contributed by atoms with Crippen LogP contribution in [0.5, 0.6) is 5.75 Å². The zero-order valence-electron chi connectivity index (χ0n) is 13.5. The zero-order chi connectivity index (χ0) is 16.0. The molecule has 0 atom stereocenters. The third-order valence-corrected chi connectivity index (χ3v) is 3.57. The Morgan fingerprint density at radius 2 is 2.05 bits per heavy atom. The van der Waals surface area contributed by atoms with Crippen molar-refractivity contribution in [3.05, 3.63) is 28.3 Å². The maximum atomic E-state index is 11.3. The summed E-state index contributed by atoms with van der Waals surface area (Å²) in [6, 6.07) is 5.11. The Kier molecular flexibility index (Phi) is 5.96. The largest absolute Gasteiger partial charge is 0.487 e. The van der Waals surface area contributed by atoms with Crippen molar-refractivity contribution in [2.75, 3.05) is 32.6 Å². The number of likely N-dealkylation sites (N-methyl/N-ethyl adjacent to an activating group) is 1. The van der Waals surface area contributed by atoms with Gasteiger partial charge in [0.05, 0.1) is 11.5 Å². The predicted octanol–water partition coefficient (Wildman–Crippen LogP) is 3.14. The number of hydrogen-bond acceptors (Lipinski definition) is 5. The van der Waals surface area contributed by atoms with E-state index in [1.165, 1.54) is 0 Å². The van der Waals surface area contributed by atoms with Gasteiger partial charge >= 0.3 is 5.69 Å². The van der Waals surface area contributed by atoms with E-state index in [1.54, 1.807) is 18.2 Å². The standard InChI is InChI=1S/C15H25N3O3/c1-6-10-21-13-9-7-8-12(14(13)18(19)20)16-11-15(2,3)17(4)5/h7-9,16H,6,10-11H2,1-5H3. The Morgan fingerprint density at radius 1 is 1.38 bits per heavy atom. The Morgan fingerprint density at radius 3 is 2.57 bits per heavy atom. The first-order chi connectivity index (χ1) is 9.79. The molecule has 0 fully saturated rings. The molecule has 0 spiro atoms. The molecule has 1 N–H and O–H groups in total. The molecule has 0 radical (unpaired) electrons. The number of ether oxygens (including phenoxy) is 1. The van der Waals surface area contributed by atoms with Gasteiger partial charge in [0.25, 0.3) is 0 Å². The number of nitrogens with zero attached hydrogens (tertiary/aromatic N) is 2. The molecule has 0 aliphatic carbocycles. The van der Waals surface area contributed by atoms with Gasteiger partial charge in [0.1, 0.15) is 5.69 Å². The van der Waals surface area contributed by atoms with Crippen LogP contribution in [0.3, 0.4) is 0 Å². The lowest BCUT2D eigenvalue weighted by Gasteiger charge is -2.33. The molecule has 6 nitrogen and oxygen atoms in total. The second kappa shape index (κ2) is 7.26. The van der Waals surface area contributed by atoms with Gasteiger partial charge < -0.3 is 15.0 Å². The molecule has 0 aromatic heterocycles. The van der Waals surface area contributed by atoms with Gasteiger partial charge in [-0.3, -0.25) is 10.1 Å². The molecule has 0 aliphatic heterocycles. The van der Waals surface area contributed by atoms with E-state index in [9.17, 15) is 10.1 Å². The van der Waals surface area contributed by atoms with Gasteiger partial charge in [0, 0.05) is 12.1 Å². The molecule has 0 saturated carbocycles. The third kappa shape index (κ3) is 4.60. The lowest BCUT2D eigenvalue weighted by atomic mass is 10.0. The minimum absolute atomic E-state index is 0.000469. The summed E-state index contributed by atoms with van der Waals surface area (Å²) in [6.07, 6.45) is 0.808. The van der Waals surface area contributed by atoms with Crippen LogP contribution in [0.4, 0.5) is 11.4 Å². The van der Waals surface area contributed by atoms with Crippen molar-refractivity contribution in [3.8, 4) is 5.75 Å². The van der Waals surface area contributed by atoms with E-state index in [4.69, 9.17) is 4.74 Å². The number of para-hydroxylation sites is 1. The first-order valence-electron chi connectivity index (χ1n) is 7.11. The van der Waals surface area contributed by atoms with Crippen LogP contribution in [0.1, 0.15) is 27.2 Å². The SMILES string of the molecule is CCCOc1cccc(NCC(C)(C)N(C)C)c1[N+](=O)[O-]. The molecule has 0 heterocycles. The van der Waals surface area contributed by atoms with E-state index in [1.807, 2.05) is 21.0 Å². The van der Waals surface area contributed by atoms with E-state index in [0.29, 0.717) is 24.6 Å². The molecule has 0 aliphatic rings.